The van der Waals surface area contributed by atoms with Crippen LogP contribution in [0.1, 0.15) is 6.42 Å². The molecule has 1 N–H and O–H groups in total. The first-order valence-electron chi connectivity index (χ1n) is 7.90. The smallest absolute Gasteiger partial charge is 0.248 e. The molecule has 3 aromatic rings. The molecule has 1 amide bonds. The summed E-state index contributed by atoms with van der Waals surface area (Å²) < 4.78 is 11.2. The third-order valence-electron chi connectivity index (χ3n) is 3.59. The second-order valence-corrected chi connectivity index (χ2v) is 6.85. The van der Waals surface area contributed by atoms with E-state index >= 15 is 0 Å². The van der Waals surface area contributed by atoms with Crippen molar-refractivity contribution in [3.63, 3.8) is 0 Å². The van der Waals surface area contributed by atoms with Crippen molar-refractivity contribution in [1.82, 2.24) is 20.2 Å². The van der Waals surface area contributed by atoms with Gasteiger partial charge in [0, 0.05) is 18.6 Å². The first-order chi connectivity index (χ1) is 12.7. The molecule has 0 aliphatic carbocycles. The van der Waals surface area contributed by atoms with Crippen LogP contribution in [0.15, 0.2) is 29.6 Å². The largest absolute Gasteiger partial charge is 0.490 e. The Kier molecular flexibility index (Phi) is 4.72. The van der Waals surface area contributed by atoms with E-state index in [0.29, 0.717) is 41.2 Å². The third-order valence-corrected chi connectivity index (χ3v) is 4.77. The average Bonchev–Trinajstić information content (AvgIpc) is 3.25. The molecule has 1 aromatic carbocycles. The van der Waals surface area contributed by atoms with E-state index in [9.17, 15) is 4.79 Å². The fourth-order valence-electron chi connectivity index (χ4n) is 2.41. The number of aromatic nitrogens is 4. The van der Waals surface area contributed by atoms with Crippen molar-refractivity contribution in [2.45, 2.75) is 13.0 Å². The molecule has 0 fully saturated rings. The van der Waals surface area contributed by atoms with Gasteiger partial charge in [0.25, 0.3) is 0 Å². The van der Waals surface area contributed by atoms with Crippen LogP contribution < -0.4 is 14.8 Å². The van der Waals surface area contributed by atoms with E-state index < -0.39 is 0 Å². The Morgan fingerprint density at radius 2 is 2.12 bits per heavy atom. The summed E-state index contributed by atoms with van der Waals surface area (Å²) in [5.74, 6) is 1.29. The molecule has 0 saturated heterocycles. The highest BCUT2D eigenvalue weighted by atomic mass is 35.5. The molecular formula is C16H14ClN5O3S. The summed E-state index contributed by atoms with van der Waals surface area (Å²) in [5, 5.41) is 17.1. The molecule has 1 aliphatic rings. The molecule has 0 unspecified atom stereocenters. The highest BCUT2D eigenvalue weighted by Gasteiger charge is 2.16. The lowest BCUT2D eigenvalue weighted by Gasteiger charge is -2.12. The zero-order valence-corrected chi connectivity index (χ0v) is 15.1. The number of tetrazole rings is 1. The van der Waals surface area contributed by atoms with Crippen molar-refractivity contribution in [2.24, 2.45) is 0 Å². The summed E-state index contributed by atoms with van der Waals surface area (Å²) in [4.78, 5) is 14.4. The number of rotatable bonds is 4. The molecule has 0 radical (unpaired) electrons. The van der Waals surface area contributed by atoms with Crippen LogP contribution in [0.4, 0.5) is 5.69 Å². The van der Waals surface area contributed by atoms with Gasteiger partial charge < -0.3 is 14.8 Å². The molecule has 0 spiro atoms. The number of hydrogen-bond acceptors (Lipinski definition) is 7. The minimum Gasteiger partial charge on any atom is -0.490 e. The Labute approximate surface area is 157 Å². The molecule has 1 aliphatic heterocycles. The van der Waals surface area contributed by atoms with Crippen LogP contribution in [-0.2, 0) is 11.3 Å². The van der Waals surface area contributed by atoms with Gasteiger partial charge in [-0.25, -0.2) is 0 Å². The van der Waals surface area contributed by atoms with E-state index in [-0.39, 0.29) is 12.5 Å². The fraction of sp³-hybridized carbons (Fsp3) is 0.250. The number of thiophene rings is 1. The molecule has 0 atom stereocenters. The lowest BCUT2D eigenvalue weighted by atomic mass is 10.2. The zero-order valence-electron chi connectivity index (χ0n) is 13.5. The summed E-state index contributed by atoms with van der Waals surface area (Å²) in [7, 11) is 0. The standard InChI is InChI=1S/C16H14ClN5O3S/c17-10-7-12-13(25-5-2-4-24-12)8-11(10)18-15(23)9-22-20-16(19-21-22)14-3-1-6-26-14/h1,3,6-8H,2,4-5,9H2,(H,18,23). The van der Waals surface area contributed by atoms with Crippen molar-refractivity contribution in [1.29, 1.82) is 0 Å². The predicted octanol–water partition coefficient (Wildman–Crippen LogP) is 2.86. The van der Waals surface area contributed by atoms with Crippen molar-refractivity contribution in [3.8, 4) is 22.2 Å². The van der Waals surface area contributed by atoms with E-state index in [2.05, 4.69) is 20.7 Å². The molecule has 26 heavy (non-hydrogen) atoms. The van der Waals surface area contributed by atoms with Crippen molar-refractivity contribution >= 4 is 34.5 Å². The van der Waals surface area contributed by atoms with Gasteiger partial charge in [0.15, 0.2) is 11.5 Å². The van der Waals surface area contributed by atoms with Crippen molar-refractivity contribution < 1.29 is 14.3 Å². The fourth-order valence-corrected chi connectivity index (χ4v) is 3.26. The number of benzene rings is 1. The van der Waals surface area contributed by atoms with Crippen LogP contribution in [-0.4, -0.2) is 39.3 Å². The van der Waals surface area contributed by atoms with Gasteiger partial charge in [-0.1, -0.05) is 17.7 Å². The summed E-state index contributed by atoms with van der Waals surface area (Å²) in [6.07, 6.45) is 0.790. The maximum absolute atomic E-state index is 12.3. The number of fused-ring (bicyclic) bond motifs is 1. The molecule has 3 heterocycles. The highest BCUT2D eigenvalue weighted by molar-refractivity contribution is 7.13. The highest BCUT2D eigenvalue weighted by Crippen LogP contribution is 2.37. The monoisotopic (exact) mass is 391 g/mol. The molecule has 10 heteroatoms. The topological polar surface area (TPSA) is 91.2 Å². The van der Waals surface area contributed by atoms with E-state index in [4.69, 9.17) is 21.1 Å². The van der Waals surface area contributed by atoms with Crippen LogP contribution in [0, 0.1) is 0 Å². The number of hydrogen-bond donors (Lipinski definition) is 1. The normalized spacial score (nSPS) is 13.3. The first kappa shape index (κ1) is 16.8. The lowest BCUT2D eigenvalue weighted by molar-refractivity contribution is -0.117. The molecule has 134 valence electrons. The molecule has 4 rings (SSSR count). The number of nitrogens with zero attached hydrogens (tertiary/aromatic N) is 4. The number of carbonyl (C=O) groups excluding carboxylic acids is 1. The summed E-state index contributed by atoms with van der Waals surface area (Å²) in [6, 6.07) is 7.09. The minimum absolute atomic E-state index is 0.0802. The lowest BCUT2D eigenvalue weighted by Crippen LogP contribution is -2.20. The van der Waals surface area contributed by atoms with E-state index in [1.165, 1.54) is 16.1 Å². The SMILES string of the molecule is O=C(Cn1nnc(-c2cccs2)n1)Nc1cc2c(cc1Cl)OCCCO2. The molecule has 8 nitrogen and oxygen atoms in total. The van der Waals surface area contributed by atoms with Crippen molar-refractivity contribution in [2.75, 3.05) is 18.5 Å². The Morgan fingerprint density at radius 3 is 2.88 bits per heavy atom. The van der Waals surface area contributed by atoms with Gasteiger partial charge in [-0.3, -0.25) is 4.79 Å². The minimum atomic E-state index is -0.323. The second-order valence-electron chi connectivity index (χ2n) is 5.50. The Hall–Kier alpha value is -2.65. The Bertz CT molecular complexity index is 928. The maximum atomic E-state index is 12.3. The van der Waals surface area contributed by atoms with Gasteiger partial charge in [-0.15, -0.1) is 21.5 Å². The molecule has 0 bridgehead atoms. The van der Waals surface area contributed by atoms with Gasteiger partial charge in [0.2, 0.25) is 11.7 Å². The van der Waals surface area contributed by atoms with Gasteiger partial charge >= 0.3 is 0 Å². The van der Waals surface area contributed by atoms with Gasteiger partial charge in [0.05, 0.1) is 28.8 Å². The number of amides is 1. The number of nitrogens with one attached hydrogen (secondary N) is 1. The van der Waals surface area contributed by atoms with E-state index in [1.807, 2.05) is 17.5 Å². The second kappa shape index (κ2) is 7.30. The van der Waals surface area contributed by atoms with Crippen LogP contribution in [0.2, 0.25) is 5.02 Å². The number of ether oxygens (including phenoxy) is 2. The Morgan fingerprint density at radius 1 is 1.31 bits per heavy atom. The maximum Gasteiger partial charge on any atom is 0.248 e. The number of carbonyl (C=O) groups is 1. The molecule has 0 saturated carbocycles. The van der Waals surface area contributed by atoms with Crippen LogP contribution in [0.5, 0.6) is 11.5 Å². The van der Waals surface area contributed by atoms with Gasteiger partial charge in [0.1, 0.15) is 6.54 Å². The number of halogens is 1. The first-order valence-corrected chi connectivity index (χ1v) is 9.15. The summed E-state index contributed by atoms with van der Waals surface area (Å²) in [6.45, 7) is 1.04. The van der Waals surface area contributed by atoms with Crippen LogP contribution >= 0.6 is 22.9 Å². The van der Waals surface area contributed by atoms with Crippen LogP contribution in [0.25, 0.3) is 10.7 Å². The molecular weight excluding hydrogens is 378 g/mol. The van der Waals surface area contributed by atoms with Crippen LogP contribution in [0.3, 0.4) is 0 Å². The van der Waals surface area contributed by atoms with E-state index in [1.54, 1.807) is 12.1 Å². The summed E-state index contributed by atoms with van der Waals surface area (Å²) in [5.41, 5.74) is 0.444. The molecule has 2 aromatic heterocycles. The Balaban J connectivity index is 1.46. The third kappa shape index (κ3) is 3.63. The summed E-state index contributed by atoms with van der Waals surface area (Å²) >= 11 is 7.74. The van der Waals surface area contributed by atoms with Gasteiger partial charge in [-0.05, 0) is 16.7 Å². The average molecular weight is 392 g/mol. The van der Waals surface area contributed by atoms with Gasteiger partial charge in [-0.2, -0.15) is 4.80 Å². The predicted molar refractivity (Wildman–Crippen MR) is 96.8 cm³/mol. The quantitative estimate of drug-likeness (QED) is 0.735. The van der Waals surface area contributed by atoms with E-state index in [0.717, 1.165) is 11.3 Å². The van der Waals surface area contributed by atoms with Crippen molar-refractivity contribution in [3.05, 3.63) is 34.7 Å². The zero-order chi connectivity index (χ0) is 17.9. The number of anilines is 1.